The molecule has 0 unspecified atom stereocenters. The van der Waals surface area contributed by atoms with Crippen molar-refractivity contribution in [2.24, 2.45) is 17.8 Å². The Labute approximate surface area is 106 Å². The lowest BCUT2D eigenvalue weighted by Crippen LogP contribution is -2.20. The minimum atomic E-state index is -0.0812. The molecule has 0 radical (unpaired) electrons. The number of fused-ring (bicyclic) bond motifs is 2. The molecular formula is C13H19N3O2. The maximum atomic E-state index is 11.2. The first-order valence-corrected chi connectivity index (χ1v) is 6.76. The minimum Gasteiger partial charge on any atom is -0.359 e. The van der Waals surface area contributed by atoms with Crippen LogP contribution in [0.15, 0.2) is 4.52 Å². The van der Waals surface area contributed by atoms with E-state index in [1.54, 1.807) is 7.05 Å². The molecule has 1 aromatic rings. The summed E-state index contributed by atoms with van der Waals surface area (Å²) in [7, 11) is 1.61. The van der Waals surface area contributed by atoms with Crippen molar-refractivity contribution in [3.8, 4) is 0 Å². The van der Waals surface area contributed by atoms with E-state index in [1.807, 2.05) is 0 Å². The van der Waals surface area contributed by atoms with Crippen molar-refractivity contribution in [3.05, 3.63) is 11.7 Å². The van der Waals surface area contributed by atoms with Gasteiger partial charge in [-0.2, -0.15) is 4.98 Å². The van der Waals surface area contributed by atoms with E-state index in [4.69, 9.17) is 4.52 Å². The van der Waals surface area contributed by atoms with Gasteiger partial charge in [-0.05, 0) is 37.0 Å². The van der Waals surface area contributed by atoms with Gasteiger partial charge in [0.2, 0.25) is 11.8 Å². The minimum absolute atomic E-state index is 0.0812. The van der Waals surface area contributed by atoms with Gasteiger partial charge in [-0.3, -0.25) is 4.79 Å². The maximum Gasteiger partial charge on any atom is 0.227 e. The van der Waals surface area contributed by atoms with Crippen LogP contribution in [0.4, 0.5) is 0 Å². The molecule has 98 valence electrons. The summed E-state index contributed by atoms with van der Waals surface area (Å²) in [6.07, 6.45) is 6.59. The Kier molecular flexibility index (Phi) is 3.06. The number of hydrogen-bond acceptors (Lipinski definition) is 4. The van der Waals surface area contributed by atoms with E-state index in [0.29, 0.717) is 11.7 Å². The summed E-state index contributed by atoms with van der Waals surface area (Å²) in [6, 6.07) is 0. The normalized spacial score (nSPS) is 29.7. The van der Waals surface area contributed by atoms with Gasteiger partial charge in [0.05, 0.1) is 6.42 Å². The standard InChI is InChI=1S/C13H19N3O2/c1-14-12(17)7-11-15-13(18-16-11)6-10-5-8-2-3-9(10)4-8/h8-10H,2-7H2,1H3,(H,14,17)/t8-,9-,10-/m1/s1. The van der Waals surface area contributed by atoms with E-state index in [1.165, 1.54) is 25.7 Å². The molecule has 2 saturated carbocycles. The topological polar surface area (TPSA) is 68.0 Å². The van der Waals surface area contributed by atoms with Gasteiger partial charge in [0.15, 0.2) is 5.82 Å². The highest BCUT2D eigenvalue weighted by molar-refractivity contribution is 5.77. The van der Waals surface area contributed by atoms with Gasteiger partial charge < -0.3 is 9.84 Å². The number of hydrogen-bond donors (Lipinski definition) is 1. The molecule has 2 aliphatic carbocycles. The smallest absolute Gasteiger partial charge is 0.227 e. The highest BCUT2D eigenvalue weighted by atomic mass is 16.5. The Morgan fingerprint density at radius 2 is 2.33 bits per heavy atom. The number of nitrogens with one attached hydrogen (secondary N) is 1. The second-order valence-electron chi connectivity index (χ2n) is 5.59. The molecule has 2 fully saturated rings. The number of aromatic nitrogens is 2. The Morgan fingerprint density at radius 3 is 3.00 bits per heavy atom. The molecule has 5 nitrogen and oxygen atoms in total. The van der Waals surface area contributed by atoms with E-state index < -0.39 is 0 Å². The first-order chi connectivity index (χ1) is 8.74. The third kappa shape index (κ3) is 2.26. The SMILES string of the molecule is CNC(=O)Cc1noc(C[C@H]2C[C@@H]3CC[C@@H]2C3)n1. The maximum absolute atomic E-state index is 11.2. The predicted molar refractivity (Wildman–Crippen MR) is 64.7 cm³/mol. The third-order valence-corrected chi connectivity index (χ3v) is 4.43. The zero-order valence-corrected chi connectivity index (χ0v) is 10.7. The van der Waals surface area contributed by atoms with E-state index in [9.17, 15) is 4.79 Å². The Morgan fingerprint density at radius 1 is 1.44 bits per heavy atom. The molecular weight excluding hydrogens is 230 g/mol. The van der Waals surface area contributed by atoms with E-state index >= 15 is 0 Å². The molecule has 2 bridgehead atoms. The largest absolute Gasteiger partial charge is 0.359 e. The molecule has 1 aromatic heterocycles. The zero-order chi connectivity index (χ0) is 12.5. The molecule has 0 aromatic carbocycles. The van der Waals surface area contributed by atoms with Crippen LogP contribution >= 0.6 is 0 Å². The fourth-order valence-electron chi connectivity index (χ4n) is 3.53. The molecule has 3 rings (SSSR count). The van der Waals surface area contributed by atoms with Crippen molar-refractivity contribution in [3.63, 3.8) is 0 Å². The van der Waals surface area contributed by atoms with Crippen LogP contribution in [-0.4, -0.2) is 23.1 Å². The number of likely N-dealkylation sites (N-methyl/N-ethyl adjacent to an activating group) is 1. The molecule has 5 heteroatoms. The summed E-state index contributed by atoms with van der Waals surface area (Å²) in [5.74, 6) is 3.64. The van der Waals surface area contributed by atoms with E-state index in [2.05, 4.69) is 15.5 Å². The Bertz CT molecular complexity index is 443. The molecule has 1 amide bonds. The zero-order valence-electron chi connectivity index (χ0n) is 10.7. The second kappa shape index (κ2) is 4.71. The van der Waals surface area contributed by atoms with Crippen molar-refractivity contribution < 1.29 is 9.32 Å². The van der Waals surface area contributed by atoms with Crippen molar-refractivity contribution in [2.75, 3.05) is 7.05 Å². The monoisotopic (exact) mass is 249 g/mol. The number of amides is 1. The van der Waals surface area contributed by atoms with E-state index in [0.717, 1.165) is 24.2 Å². The summed E-state index contributed by atoms with van der Waals surface area (Å²) in [4.78, 5) is 15.5. The molecule has 3 atom stereocenters. The lowest BCUT2D eigenvalue weighted by molar-refractivity contribution is -0.120. The lowest BCUT2D eigenvalue weighted by Gasteiger charge is -2.19. The van der Waals surface area contributed by atoms with Crippen LogP contribution in [-0.2, 0) is 17.6 Å². The Hall–Kier alpha value is -1.39. The van der Waals surface area contributed by atoms with Crippen LogP contribution in [0.2, 0.25) is 0 Å². The van der Waals surface area contributed by atoms with Gasteiger partial charge in [-0.1, -0.05) is 11.6 Å². The van der Waals surface area contributed by atoms with Gasteiger partial charge in [0, 0.05) is 13.5 Å². The first kappa shape index (κ1) is 11.7. The van der Waals surface area contributed by atoms with Crippen LogP contribution < -0.4 is 5.32 Å². The summed E-state index contributed by atoms with van der Waals surface area (Å²) < 4.78 is 5.24. The van der Waals surface area contributed by atoms with E-state index in [-0.39, 0.29) is 12.3 Å². The first-order valence-electron chi connectivity index (χ1n) is 6.76. The molecule has 2 aliphatic rings. The molecule has 18 heavy (non-hydrogen) atoms. The van der Waals surface area contributed by atoms with Gasteiger partial charge >= 0.3 is 0 Å². The average molecular weight is 249 g/mol. The fourth-order valence-corrected chi connectivity index (χ4v) is 3.53. The van der Waals surface area contributed by atoms with Crippen molar-refractivity contribution in [1.29, 1.82) is 0 Å². The van der Waals surface area contributed by atoms with Gasteiger partial charge in [-0.15, -0.1) is 0 Å². The van der Waals surface area contributed by atoms with Gasteiger partial charge in [0.1, 0.15) is 0 Å². The highest BCUT2D eigenvalue weighted by Gasteiger charge is 2.40. The third-order valence-electron chi connectivity index (χ3n) is 4.43. The molecule has 0 spiro atoms. The quantitative estimate of drug-likeness (QED) is 0.874. The summed E-state index contributed by atoms with van der Waals surface area (Å²) >= 11 is 0. The summed E-state index contributed by atoms with van der Waals surface area (Å²) in [5.41, 5.74) is 0. The lowest BCUT2D eigenvalue weighted by atomic mass is 9.86. The average Bonchev–Trinajstić information content (AvgIpc) is 3.06. The molecule has 0 saturated heterocycles. The van der Waals surface area contributed by atoms with Gasteiger partial charge in [-0.25, -0.2) is 0 Å². The summed E-state index contributed by atoms with van der Waals surface area (Å²) in [6.45, 7) is 0. The van der Waals surface area contributed by atoms with Crippen LogP contribution in [0, 0.1) is 17.8 Å². The Balaban J connectivity index is 1.58. The van der Waals surface area contributed by atoms with Crippen LogP contribution in [0.5, 0.6) is 0 Å². The van der Waals surface area contributed by atoms with Crippen LogP contribution in [0.1, 0.15) is 37.4 Å². The molecule has 1 heterocycles. The predicted octanol–water partition coefficient (Wildman–Crippen LogP) is 1.34. The van der Waals surface area contributed by atoms with Crippen molar-refractivity contribution in [2.45, 2.75) is 38.5 Å². The number of nitrogens with zero attached hydrogens (tertiary/aromatic N) is 2. The molecule has 1 N–H and O–H groups in total. The number of carbonyl (C=O) groups is 1. The van der Waals surface area contributed by atoms with Crippen LogP contribution in [0.3, 0.4) is 0 Å². The highest BCUT2D eigenvalue weighted by Crippen LogP contribution is 2.49. The molecule has 0 aliphatic heterocycles. The fraction of sp³-hybridized carbons (Fsp3) is 0.769. The van der Waals surface area contributed by atoms with Crippen LogP contribution in [0.25, 0.3) is 0 Å². The van der Waals surface area contributed by atoms with Crippen molar-refractivity contribution in [1.82, 2.24) is 15.5 Å². The van der Waals surface area contributed by atoms with Crippen molar-refractivity contribution >= 4 is 5.91 Å². The second-order valence-corrected chi connectivity index (χ2v) is 5.59. The number of carbonyl (C=O) groups excluding carboxylic acids is 1. The van der Waals surface area contributed by atoms with Gasteiger partial charge in [0.25, 0.3) is 0 Å². The summed E-state index contributed by atoms with van der Waals surface area (Å²) in [5, 5.41) is 6.42. The number of rotatable bonds is 4.